The van der Waals surface area contributed by atoms with Crippen molar-refractivity contribution in [1.82, 2.24) is 9.88 Å². The molecule has 0 aliphatic heterocycles. The number of rotatable bonds is 5. The molecule has 4 nitrogen and oxygen atoms in total. The average molecular weight is 334 g/mol. The van der Waals surface area contributed by atoms with Crippen LogP contribution in [0.4, 0.5) is 8.78 Å². The van der Waals surface area contributed by atoms with Gasteiger partial charge in [-0.1, -0.05) is 6.07 Å². The second-order valence-corrected chi connectivity index (χ2v) is 5.66. The fraction of sp³-hybridized carbons (Fsp3) is 0.333. The number of aryl methyl sites for hydroxylation is 2. The van der Waals surface area contributed by atoms with Gasteiger partial charge in [-0.3, -0.25) is 9.78 Å². The summed E-state index contributed by atoms with van der Waals surface area (Å²) in [7, 11) is 1.69. The number of hydrogen-bond donors (Lipinski definition) is 0. The first-order valence-corrected chi connectivity index (χ1v) is 7.55. The van der Waals surface area contributed by atoms with Crippen molar-refractivity contribution in [2.45, 2.75) is 33.4 Å². The van der Waals surface area contributed by atoms with Gasteiger partial charge >= 0.3 is 6.61 Å². The molecule has 0 saturated heterocycles. The van der Waals surface area contributed by atoms with Gasteiger partial charge in [0.15, 0.2) is 0 Å². The van der Waals surface area contributed by atoms with E-state index in [0.717, 1.165) is 5.69 Å². The van der Waals surface area contributed by atoms with Crippen molar-refractivity contribution >= 4 is 5.91 Å². The van der Waals surface area contributed by atoms with Crippen LogP contribution in [0.25, 0.3) is 0 Å². The van der Waals surface area contributed by atoms with Crippen LogP contribution in [0.15, 0.2) is 36.5 Å². The van der Waals surface area contributed by atoms with Gasteiger partial charge in [-0.2, -0.15) is 8.78 Å². The number of benzene rings is 1. The Labute approximate surface area is 140 Å². The molecule has 1 aromatic carbocycles. The maximum atomic E-state index is 12.7. The third-order valence-corrected chi connectivity index (χ3v) is 3.93. The zero-order chi connectivity index (χ0) is 17.9. The summed E-state index contributed by atoms with van der Waals surface area (Å²) >= 11 is 0. The van der Waals surface area contributed by atoms with Crippen LogP contribution in [0.1, 0.15) is 40.1 Å². The monoisotopic (exact) mass is 334 g/mol. The Morgan fingerprint density at radius 1 is 1.21 bits per heavy atom. The molecule has 0 bridgehead atoms. The molecule has 24 heavy (non-hydrogen) atoms. The number of nitrogens with zero attached hydrogens (tertiary/aromatic N) is 2. The van der Waals surface area contributed by atoms with E-state index in [1.165, 1.54) is 0 Å². The minimum atomic E-state index is -2.89. The summed E-state index contributed by atoms with van der Waals surface area (Å²) in [6.45, 7) is 2.28. The molecule has 2 aromatic rings. The van der Waals surface area contributed by atoms with Crippen LogP contribution in [0, 0.1) is 13.8 Å². The van der Waals surface area contributed by atoms with E-state index in [1.54, 1.807) is 44.1 Å². The normalized spacial score (nSPS) is 12.1. The maximum Gasteiger partial charge on any atom is 0.387 e. The van der Waals surface area contributed by atoms with Gasteiger partial charge < -0.3 is 9.64 Å². The third-order valence-electron chi connectivity index (χ3n) is 3.93. The van der Waals surface area contributed by atoms with Crippen LogP contribution in [0.5, 0.6) is 5.75 Å². The molecule has 0 spiro atoms. The number of hydrogen-bond acceptors (Lipinski definition) is 3. The van der Waals surface area contributed by atoms with Gasteiger partial charge in [-0.25, -0.2) is 0 Å². The zero-order valence-electron chi connectivity index (χ0n) is 14.1. The molecule has 0 fully saturated rings. The fourth-order valence-corrected chi connectivity index (χ4v) is 2.55. The van der Waals surface area contributed by atoms with Gasteiger partial charge in [0.05, 0.1) is 11.7 Å². The molecule has 0 unspecified atom stereocenters. The van der Waals surface area contributed by atoms with Crippen molar-refractivity contribution in [2.75, 3.05) is 7.05 Å². The molecule has 0 saturated carbocycles. The zero-order valence-corrected chi connectivity index (χ0v) is 14.1. The molecule has 0 radical (unpaired) electrons. The van der Waals surface area contributed by atoms with Gasteiger partial charge in [0.25, 0.3) is 5.91 Å². The van der Waals surface area contributed by atoms with Gasteiger partial charge in [-0.05, 0) is 56.2 Å². The van der Waals surface area contributed by atoms with Gasteiger partial charge in [-0.15, -0.1) is 0 Å². The Hall–Kier alpha value is -2.50. The van der Waals surface area contributed by atoms with Crippen molar-refractivity contribution in [2.24, 2.45) is 0 Å². The first kappa shape index (κ1) is 17.8. The molecule has 1 heterocycles. The lowest BCUT2D eigenvalue weighted by Gasteiger charge is -2.25. The summed E-state index contributed by atoms with van der Waals surface area (Å²) < 4.78 is 29.4. The summed E-state index contributed by atoms with van der Waals surface area (Å²) in [4.78, 5) is 18.5. The topological polar surface area (TPSA) is 42.4 Å². The Morgan fingerprint density at radius 3 is 2.33 bits per heavy atom. The maximum absolute atomic E-state index is 12.7. The first-order valence-electron chi connectivity index (χ1n) is 7.55. The number of aromatic nitrogens is 1. The highest BCUT2D eigenvalue weighted by molar-refractivity contribution is 5.95. The van der Waals surface area contributed by atoms with Crippen molar-refractivity contribution in [3.05, 3.63) is 58.9 Å². The lowest BCUT2D eigenvalue weighted by atomic mass is 10.0. The van der Waals surface area contributed by atoms with Crippen molar-refractivity contribution in [1.29, 1.82) is 0 Å². The van der Waals surface area contributed by atoms with Crippen LogP contribution in [-0.2, 0) is 0 Å². The van der Waals surface area contributed by atoms with E-state index in [2.05, 4.69) is 9.72 Å². The predicted octanol–water partition coefficient (Wildman–Crippen LogP) is 4.13. The number of carbonyl (C=O) groups excluding carboxylic acids is 1. The summed E-state index contributed by atoms with van der Waals surface area (Å²) in [6.07, 6.45) is 1.68. The minimum absolute atomic E-state index is 0.113. The molecule has 6 heteroatoms. The molecular weight excluding hydrogens is 314 g/mol. The summed E-state index contributed by atoms with van der Waals surface area (Å²) in [5, 5.41) is 0. The summed E-state index contributed by atoms with van der Waals surface area (Å²) in [5.74, 6) is -0.0927. The Balaban J connectivity index is 2.26. The molecule has 2 rings (SSSR count). The highest BCUT2D eigenvalue weighted by atomic mass is 19.3. The largest absolute Gasteiger partial charge is 0.434 e. The Kier molecular flexibility index (Phi) is 5.49. The van der Waals surface area contributed by atoms with Crippen molar-refractivity contribution in [3.8, 4) is 5.75 Å². The van der Waals surface area contributed by atoms with Crippen LogP contribution in [0.3, 0.4) is 0 Å². The number of alkyl halides is 2. The lowest BCUT2D eigenvalue weighted by molar-refractivity contribution is -0.0507. The molecule has 1 amide bonds. The number of ether oxygens (including phenoxy) is 1. The lowest BCUT2D eigenvalue weighted by Crippen LogP contribution is -2.30. The van der Waals surface area contributed by atoms with E-state index in [9.17, 15) is 13.6 Å². The molecule has 0 aliphatic rings. The van der Waals surface area contributed by atoms with Crippen LogP contribution in [-0.4, -0.2) is 29.5 Å². The summed E-state index contributed by atoms with van der Waals surface area (Å²) in [6, 6.07) is 8.44. The number of pyridine rings is 1. The Morgan fingerprint density at radius 2 is 1.83 bits per heavy atom. The van der Waals surface area contributed by atoms with Gasteiger partial charge in [0.2, 0.25) is 0 Å². The highest BCUT2D eigenvalue weighted by Crippen LogP contribution is 2.28. The van der Waals surface area contributed by atoms with E-state index in [1.807, 2.05) is 25.1 Å². The Bertz CT molecular complexity index is 697. The van der Waals surface area contributed by atoms with Crippen molar-refractivity contribution in [3.63, 3.8) is 0 Å². The second-order valence-electron chi connectivity index (χ2n) is 5.66. The van der Waals surface area contributed by atoms with E-state index < -0.39 is 6.61 Å². The molecule has 0 N–H and O–H groups in total. The quantitative estimate of drug-likeness (QED) is 0.825. The van der Waals surface area contributed by atoms with E-state index >= 15 is 0 Å². The van der Waals surface area contributed by atoms with Crippen LogP contribution in [0.2, 0.25) is 0 Å². The summed E-state index contributed by atoms with van der Waals surface area (Å²) in [5.41, 5.74) is 2.20. The van der Waals surface area contributed by atoms with Crippen molar-refractivity contribution < 1.29 is 18.3 Å². The number of halogens is 2. The molecular formula is C18H20F2N2O2. The molecule has 128 valence electrons. The molecule has 1 atom stereocenters. The second kappa shape index (κ2) is 7.38. The highest BCUT2D eigenvalue weighted by Gasteiger charge is 2.21. The number of amides is 1. The van der Waals surface area contributed by atoms with E-state index in [4.69, 9.17) is 0 Å². The first-order chi connectivity index (χ1) is 11.3. The fourth-order valence-electron chi connectivity index (χ4n) is 2.55. The average Bonchev–Trinajstić information content (AvgIpc) is 2.56. The van der Waals surface area contributed by atoms with Gasteiger partial charge in [0, 0.05) is 18.8 Å². The van der Waals surface area contributed by atoms with E-state index in [-0.39, 0.29) is 17.7 Å². The van der Waals surface area contributed by atoms with Gasteiger partial charge in [0.1, 0.15) is 5.75 Å². The molecule has 0 aliphatic carbocycles. The number of carbonyl (C=O) groups is 1. The minimum Gasteiger partial charge on any atom is -0.434 e. The smallest absolute Gasteiger partial charge is 0.387 e. The van der Waals surface area contributed by atoms with Crippen LogP contribution < -0.4 is 4.74 Å². The SMILES string of the molecule is Cc1cc(C(=O)N(C)[C@H](C)c2ccccn2)cc(C)c1OC(F)F. The van der Waals surface area contributed by atoms with Crippen LogP contribution >= 0.6 is 0 Å². The third kappa shape index (κ3) is 3.88. The standard InChI is InChI=1S/C18H20F2N2O2/c1-11-9-14(10-12(2)16(11)24-18(19)20)17(23)22(4)13(3)15-7-5-6-8-21-15/h5-10,13,18H,1-4H3/t13-/m1/s1. The predicted molar refractivity (Wildman–Crippen MR) is 87.3 cm³/mol. The van der Waals surface area contributed by atoms with E-state index in [0.29, 0.717) is 16.7 Å². The molecule has 1 aromatic heterocycles.